The zero-order valence-electron chi connectivity index (χ0n) is 17.9. The number of aliphatic imine (C=N–C) groups is 1. The highest BCUT2D eigenvalue weighted by molar-refractivity contribution is 7.95. The Morgan fingerprint density at radius 2 is 1.53 bits per heavy atom. The first-order valence-corrected chi connectivity index (χ1v) is 13.4. The van der Waals surface area contributed by atoms with Crippen LogP contribution in [0.4, 0.5) is 0 Å². The highest BCUT2D eigenvalue weighted by Gasteiger charge is 2.40. The van der Waals surface area contributed by atoms with E-state index in [0.29, 0.717) is 19.6 Å². The summed E-state index contributed by atoms with van der Waals surface area (Å²) >= 11 is 4.63. The van der Waals surface area contributed by atoms with Crippen molar-refractivity contribution < 1.29 is 14.3 Å². The van der Waals surface area contributed by atoms with Gasteiger partial charge in [-0.1, -0.05) is 12.1 Å². The van der Waals surface area contributed by atoms with Gasteiger partial charge < -0.3 is 4.74 Å². The van der Waals surface area contributed by atoms with Gasteiger partial charge in [0, 0.05) is 61.5 Å². The molecular weight excluding hydrogens is 464 g/mol. The molecule has 2 aliphatic rings. The van der Waals surface area contributed by atoms with Gasteiger partial charge in [0.25, 0.3) is 11.8 Å². The number of morpholine rings is 1. The number of carbonyl (C=O) groups is 2. The smallest absolute Gasteiger partial charge is 0.251 e. The molecule has 2 aliphatic heterocycles. The number of hydrogen-bond acceptors (Lipinski definition) is 8. The molecule has 2 fully saturated rings. The van der Waals surface area contributed by atoms with Gasteiger partial charge in [0.1, 0.15) is 0 Å². The monoisotopic (exact) mass is 492 g/mol. The SMILES string of the molecule is O=C1C(C=NCCN2CCOCC2)C(=O)N(CCc2cccs2)SN1CCc1cccs1. The second kappa shape index (κ2) is 11.9. The van der Waals surface area contributed by atoms with Gasteiger partial charge in [-0.2, -0.15) is 0 Å². The summed E-state index contributed by atoms with van der Waals surface area (Å²) in [6.07, 6.45) is 3.13. The van der Waals surface area contributed by atoms with E-state index in [2.05, 4.69) is 22.0 Å². The van der Waals surface area contributed by atoms with Crippen molar-refractivity contribution in [3.05, 3.63) is 44.8 Å². The van der Waals surface area contributed by atoms with Gasteiger partial charge in [0.2, 0.25) is 0 Å². The van der Waals surface area contributed by atoms with Crippen LogP contribution in [0.1, 0.15) is 9.75 Å². The first-order valence-electron chi connectivity index (χ1n) is 10.9. The molecule has 0 bridgehead atoms. The molecule has 0 aromatic carbocycles. The second-order valence-electron chi connectivity index (χ2n) is 7.61. The van der Waals surface area contributed by atoms with Crippen LogP contribution in [0.3, 0.4) is 0 Å². The fourth-order valence-corrected chi connectivity index (χ4v) is 5.95. The van der Waals surface area contributed by atoms with Crippen molar-refractivity contribution in [3.8, 4) is 0 Å². The number of hydrogen-bond donors (Lipinski definition) is 0. The van der Waals surface area contributed by atoms with E-state index in [1.54, 1.807) is 37.5 Å². The molecule has 2 aromatic heterocycles. The molecule has 2 saturated heterocycles. The molecular formula is C22H28N4O3S3. The second-order valence-corrected chi connectivity index (χ2v) is 10.7. The van der Waals surface area contributed by atoms with Crippen LogP contribution >= 0.6 is 34.8 Å². The summed E-state index contributed by atoms with van der Waals surface area (Å²) in [6, 6.07) is 8.19. The molecule has 32 heavy (non-hydrogen) atoms. The summed E-state index contributed by atoms with van der Waals surface area (Å²) in [5, 5.41) is 4.09. The minimum atomic E-state index is -0.840. The largest absolute Gasteiger partial charge is 0.379 e. The number of thiophene rings is 2. The van der Waals surface area contributed by atoms with Crippen LogP contribution in [0.2, 0.25) is 0 Å². The minimum Gasteiger partial charge on any atom is -0.379 e. The Kier molecular flexibility index (Phi) is 8.75. The Bertz CT molecular complexity index is 826. The zero-order valence-corrected chi connectivity index (χ0v) is 20.4. The van der Waals surface area contributed by atoms with Gasteiger partial charge in [0.15, 0.2) is 5.92 Å². The van der Waals surface area contributed by atoms with Crippen LogP contribution < -0.4 is 0 Å². The van der Waals surface area contributed by atoms with Crippen LogP contribution in [0.5, 0.6) is 0 Å². The van der Waals surface area contributed by atoms with Crippen LogP contribution in [-0.2, 0) is 27.2 Å². The lowest BCUT2D eigenvalue weighted by molar-refractivity contribution is -0.140. The molecule has 0 radical (unpaired) electrons. The summed E-state index contributed by atoms with van der Waals surface area (Å²) < 4.78 is 8.83. The maximum absolute atomic E-state index is 13.1. The average molecular weight is 493 g/mol. The summed E-state index contributed by atoms with van der Waals surface area (Å²) in [4.78, 5) is 35.5. The third-order valence-corrected chi connectivity index (χ3v) is 8.40. The molecule has 4 rings (SSSR count). The number of amides is 2. The summed E-state index contributed by atoms with van der Waals surface area (Å²) in [5.41, 5.74) is 0. The van der Waals surface area contributed by atoms with Crippen molar-refractivity contribution in [1.29, 1.82) is 0 Å². The van der Waals surface area contributed by atoms with Gasteiger partial charge in [0.05, 0.1) is 31.9 Å². The Hall–Kier alpha value is -1.72. The quantitative estimate of drug-likeness (QED) is 0.290. The number of rotatable bonds is 10. The van der Waals surface area contributed by atoms with E-state index in [9.17, 15) is 9.59 Å². The van der Waals surface area contributed by atoms with Crippen molar-refractivity contribution in [1.82, 2.24) is 13.5 Å². The number of carbonyl (C=O) groups excluding carboxylic acids is 2. The van der Waals surface area contributed by atoms with E-state index in [0.717, 1.165) is 45.7 Å². The highest BCUT2D eigenvalue weighted by atomic mass is 32.2. The van der Waals surface area contributed by atoms with E-state index in [-0.39, 0.29) is 11.8 Å². The van der Waals surface area contributed by atoms with Gasteiger partial charge >= 0.3 is 0 Å². The lowest BCUT2D eigenvalue weighted by Crippen LogP contribution is -2.50. The van der Waals surface area contributed by atoms with Crippen LogP contribution in [-0.4, -0.2) is 84.0 Å². The number of nitrogens with zero attached hydrogens (tertiary/aromatic N) is 4. The van der Waals surface area contributed by atoms with E-state index in [4.69, 9.17) is 4.74 Å². The molecule has 7 nitrogen and oxygen atoms in total. The molecule has 172 valence electrons. The molecule has 0 aliphatic carbocycles. The molecule has 0 atom stereocenters. The van der Waals surface area contributed by atoms with E-state index in [1.807, 2.05) is 22.9 Å². The first kappa shape index (κ1) is 23.4. The summed E-state index contributed by atoms with van der Waals surface area (Å²) in [6.45, 7) is 5.84. The molecule has 10 heteroatoms. The third kappa shape index (κ3) is 6.41. The van der Waals surface area contributed by atoms with Crippen molar-refractivity contribution >= 4 is 52.8 Å². The van der Waals surface area contributed by atoms with Gasteiger partial charge in [-0.25, -0.2) is 0 Å². The third-order valence-electron chi connectivity index (χ3n) is 5.41. The normalized spacial score (nSPS) is 18.9. The predicted molar refractivity (Wildman–Crippen MR) is 131 cm³/mol. The van der Waals surface area contributed by atoms with E-state index in [1.165, 1.54) is 21.9 Å². The van der Waals surface area contributed by atoms with Gasteiger partial charge in [-0.05, 0) is 22.9 Å². The fourth-order valence-electron chi connectivity index (χ4n) is 3.58. The minimum absolute atomic E-state index is 0.168. The molecule has 0 saturated carbocycles. The average Bonchev–Trinajstić information content (AvgIpc) is 3.52. The van der Waals surface area contributed by atoms with Crippen molar-refractivity contribution in [2.75, 3.05) is 52.5 Å². The fraction of sp³-hybridized carbons (Fsp3) is 0.500. The predicted octanol–water partition coefficient (Wildman–Crippen LogP) is 2.85. The molecule has 4 heterocycles. The van der Waals surface area contributed by atoms with Crippen LogP contribution in [0, 0.1) is 5.92 Å². The molecule has 0 spiro atoms. The topological polar surface area (TPSA) is 65.5 Å². The van der Waals surface area contributed by atoms with Crippen molar-refractivity contribution in [2.24, 2.45) is 10.9 Å². The highest BCUT2D eigenvalue weighted by Crippen LogP contribution is 2.29. The lowest BCUT2D eigenvalue weighted by atomic mass is 10.1. The van der Waals surface area contributed by atoms with Crippen molar-refractivity contribution in [3.63, 3.8) is 0 Å². The van der Waals surface area contributed by atoms with E-state index < -0.39 is 5.92 Å². The van der Waals surface area contributed by atoms with Gasteiger partial charge in [-0.15, -0.1) is 22.7 Å². The molecule has 2 aromatic rings. The van der Waals surface area contributed by atoms with E-state index >= 15 is 0 Å². The summed E-state index contributed by atoms with van der Waals surface area (Å²) in [7, 11) is 0. The standard InChI is InChI=1S/C22H28N4O3S3/c27-21-20(17-23-7-10-24-11-13-29-14-12-24)22(28)26(9-6-19-4-2-16-31-19)32-25(21)8-5-18-3-1-15-30-18/h1-4,15-17,20H,5-14H2. The molecule has 0 unspecified atom stereocenters. The Balaban J connectivity index is 1.38. The summed E-state index contributed by atoms with van der Waals surface area (Å²) in [5.74, 6) is -1.18. The Labute approximate surface area is 201 Å². The lowest BCUT2D eigenvalue weighted by Gasteiger charge is -2.36. The number of ether oxygens (including phenoxy) is 1. The molecule has 2 amide bonds. The Morgan fingerprint density at radius 3 is 2.06 bits per heavy atom. The maximum Gasteiger partial charge on any atom is 0.251 e. The van der Waals surface area contributed by atoms with Crippen LogP contribution in [0.15, 0.2) is 40.0 Å². The zero-order chi connectivity index (χ0) is 22.2. The van der Waals surface area contributed by atoms with Crippen LogP contribution in [0.25, 0.3) is 0 Å². The van der Waals surface area contributed by atoms with Crippen molar-refractivity contribution in [2.45, 2.75) is 12.8 Å². The molecule has 0 N–H and O–H groups in total. The first-order chi connectivity index (χ1) is 15.7. The maximum atomic E-state index is 13.1. The van der Waals surface area contributed by atoms with Gasteiger partial charge in [-0.3, -0.25) is 28.1 Å². The Morgan fingerprint density at radius 1 is 0.938 bits per heavy atom.